The number of rotatable bonds is 10. The number of ether oxygens (including phenoxy) is 4. The van der Waals surface area contributed by atoms with Crippen molar-refractivity contribution in [3.05, 3.63) is 12.2 Å². The molecule has 0 N–H and O–H groups in total. The molecule has 0 aromatic heterocycles. The lowest BCUT2D eigenvalue weighted by Gasteiger charge is -2.23. The van der Waals surface area contributed by atoms with Crippen LogP contribution in [0.15, 0.2) is 12.2 Å². The highest BCUT2D eigenvalue weighted by molar-refractivity contribution is 5.88. The van der Waals surface area contributed by atoms with Crippen molar-refractivity contribution in [2.24, 2.45) is 5.41 Å². The van der Waals surface area contributed by atoms with Gasteiger partial charge >= 0.3 is 36.0 Å². The van der Waals surface area contributed by atoms with Crippen LogP contribution in [-0.4, -0.2) is 62.4 Å². The molecule has 0 radical (unpaired) electrons. The molecule has 0 fully saturated rings. The molecule has 0 saturated heterocycles. The summed E-state index contributed by atoms with van der Waals surface area (Å²) in [5.41, 5.74) is -0.942. The van der Waals surface area contributed by atoms with Crippen molar-refractivity contribution in [3.63, 3.8) is 0 Å². The number of hydrogen-bond donors (Lipinski definition) is 0. The van der Waals surface area contributed by atoms with Crippen molar-refractivity contribution < 1.29 is 60.1 Å². The Kier molecular flexibility index (Phi) is 9.21. The summed E-state index contributed by atoms with van der Waals surface area (Å²) in [6.07, 6.45) is -6.17. The predicted octanol–water partition coefficient (Wildman–Crippen LogP) is 1.96. The van der Waals surface area contributed by atoms with E-state index in [0.29, 0.717) is 0 Å². The summed E-state index contributed by atoms with van der Waals surface area (Å²) in [5, 5.41) is 0. The van der Waals surface area contributed by atoms with Gasteiger partial charge in [0.25, 0.3) is 0 Å². The normalized spacial score (nSPS) is 12.0. The molecule has 0 heterocycles. The predicted molar refractivity (Wildman–Crippen MR) is 83.4 cm³/mol. The Morgan fingerprint density at radius 3 is 1.59 bits per heavy atom. The first-order valence-electron chi connectivity index (χ1n) is 7.75. The second-order valence-corrected chi connectivity index (χ2v) is 6.49. The number of halogens is 5. The topological polar surface area (TPSA) is 105 Å². The van der Waals surface area contributed by atoms with Gasteiger partial charge < -0.3 is 18.9 Å². The summed E-state index contributed by atoms with van der Waals surface area (Å²) in [6, 6.07) is 0. The zero-order valence-corrected chi connectivity index (χ0v) is 15.7. The van der Waals surface area contributed by atoms with Crippen molar-refractivity contribution in [2.75, 3.05) is 26.4 Å². The van der Waals surface area contributed by atoms with Gasteiger partial charge in [-0.3, -0.25) is 0 Å². The van der Waals surface area contributed by atoms with Gasteiger partial charge in [0.15, 0.2) is 13.2 Å². The molecular formula is C16H19F5O8. The molecule has 0 aromatic carbocycles. The van der Waals surface area contributed by atoms with E-state index in [1.54, 1.807) is 0 Å². The highest BCUT2D eigenvalue weighted by Gasteiger charge is 2.65. The fourth-order valence-corrected chi connectivity index (χ4v) is 1.26. The highest BCUT2D eigenvalue weighted by Crippen LogP contribution is 2.36. The van der Waals surface area contributed by atoms with Gasteiger partial charge in [0.2, 0.25) is 0 Å². The van der Waals surface area contributed by atoms with E-state index in [2.05, 4.69) is 20.8 Å². The lowest BCUT2D eigenvalue weighted by atomic mass is 9.96. The first-order valence-corrected chi connectivity index (χ1v) is 7.75. The van der Waals surface area contributed by atoms with Gasteiger partial charge in [0, 0.05) is 11.0 Å². The number of carbonyl (C=O) groups excluding carboxylic acids is 4. The van der Waals surface area contributed by atoms with E-state index in [1.165, 1.54) is 20.8 Å². The van der Waals surface area contributed by atoms with Crippen LogP contribution in [0.1, 0.15) is 20.8 Å². The average molecular weight is 434 g/mol. The number of carbonyl (C=O) groups is 4. The quantitative estimate of drug-likeness (QED) is 0.222. The van der Waals surface area contributed by atoms with Gasteiger partial charge in [-0.1, -0.05) is 20.4 Å². The van der Waals surface area contributed by atoms with E-state index in [1.807, 2.05) is 0 Å². The highest BCUT2D eigenvalue weighted by atomic mass is 19.4. The number of alkyl halides is 5. The minimum Gasteiger partial charge on any atom is -0.462 e. The third kappa shape index (κ3) is 9.34. The van der Waals surface area contributed by atoms with Gasteiger partial charge in [-0.15, -0.1) is 0 Å². The van der Waals surface area contributed by atoms with Crippen LogP contribution in [0, 0.1) is 5.41 Å². The summed E-state index contributed by atoms with van der Waals surface area (Å²) in [4.78, 5) is 44.7. The van der Waals surface area contributed by atoms with E-state index in [4.69, 9.17) is 4.74 Å². The van der Waals surface area contributed by atoms with Crippen molar-refractivity contribution in [1.82, 2.24) is 0 Å². The number of esters is 4. The van der Waals surface area contributed by atoms with Crippen LogP contribution in [0.4, 0.5) is 22.0 Å². The van der Waals surface area contributed by atoms with Gasteiger partial charge in [0.1, 0.15) is 0 Å². The fraction of sp³-hybridized carbons (Fsp3) is 0.625. The molecular weight excluding hydrogens is 415 g/mol. The lowest BCUT2D eigenvalue weighted by molar-refractivity contribution is -0.280. The molecule has 0 aliphatic heterocycles. The largest absolute Gasteiger partial charge is 0.465 e. The molecule has 0 unspecified atom stereocenters. The molecule has 166 valence electrons. The second-order valence-electron chi connectivity index (χ2n) is 6.49. The van der Waals surface area contributed by atoms with Crippen LogP contribution in [0.2, 0.25) is 0 Å². The Morgan fingerprint density at radius 1 is 0.793 bits per heavy atom. The molecule has 8 nitrogen and oxygen atoms in total. The minimum absolute atomic E-state index is 0.0683. The van der Waals surface area contributed by atoms with E-state index in [9.17, 15) is 41.1 Å². The second kappa shape index (κ2) is 10.2. The molecule has 0 amide bonds. The summed E-state index contributed by atoms with van der Waals surface area (Å²) < 4.78 is 78.7. The molecule has 29 heavy (non-hydrogen) atoms. The van der Waals surface area contributed by atoms with E-state index >= 15 is 0 Å². The standard InChI is InChI=1S/C16H19F5O8/c1-9(2)12(24)26-5-10(22)28-7-14(3,4)8-29-11(23)6-27-13(25)15(17,18)16(19,20)21/h1,5-8H2,2-4H3. The fourth-order valence-electron chi connectivity index (χ4n) is 1.26. The number of hydrogen-bond acceptors (Lipinski definition) is 8. The van der Waals surface area contributed by atoms with Crippen LogP contribution >= 0.6 is 0 Å². The maximum absolute atomic E-state index is 12.6. The van der Waals surface area contributed by atoms with Crippen molar-refractivity contribution in [2.45, 2.75) is 32.9 Å². The molecule has 0 aliphatic rings. The first-order chi connectivity index (χ1) is 13.0. The molecule has 0 spiro atoms. The summed E-state index contributed by atoms with van der Waals surface area (Å²) >= 11 is 0. The van der Waals surface area contributed by atoms with Crippen LogP contribution in [0.5, 0.6) is 0 Å². The summed E-state index contributed by atoms with van der Waals surface area (Å²) in [7, 11) is 0. The lowest BCUT2D eigenvalue weighted by Crippen LogP contribution is -2.45. The first kappa shape index (κ1) is 26.3. The third-order valence-electron chi connectivity index (χ3n) is 2.85. The van der Waals surface area contributed by atoms with Gasteiger partial charge in [-0.05, 0) is 6.92 Å². The maximum Gasteiger partial charge on any atom is 0.465 e. The van der Waals surface area contributed by atoms with Crippen molar-refractivity contribution >= 4 is 23.9 Å². The van der Waals surface area contributed by atoms with Crippen molar-refractivity contribution in [3.8, 4) is 0 Å². The smallest absolute Gasteiger partial charge is 0.462 e. The summed E-state index contributed by atoms with van der Waals surface area (Å²) in [5.74, 6) is -11.8. The Balaban J connectivity index is 4.33. The summed E-state index contributed by atoms with van der Waals surface area (Å²) in [6.45, 7) is 4.64. The Bertz CT molecular complexity index is 654. The zero-order valence-electron chi connectivity index (χ0n) is 15.7. The van der Waals surface area contributed by atoms with Crippen LogP contribution in [0.25, 0.3) is 0 Å². The molecule has 0 saturated carbocycles. The van der Waals surface area contributed by atoms with Crippen molar-refractivity contribution in [1.29, 1.82) is 0 Å². The molecule has 13 heteroatoms. The molecule has 0 bridgehead atoms. The zero-order chi connectivity index (χ0) is 23.0. The van der Waals surface area contributed by atoms with Gasteiger partial charge in [0.05, 0.1) is 13.2 Å². The minimum atomic E-state index is -6.17. The van der Waals surface area contributed by atoms with E-state index in [0.717, 1.165) is 0 Å². The molecule has 0 aliphatic carbocycles. The Hall–Kier alpha value is -2.73. The Labute approximate surface area is 161 Å². The van der Waals surface area contributed by atoms with Crippen LogP contribution in [-0.2, 0) is 38.1 Å². The van der Waals surface area contributed by atoms with E-state index < -0.39 is 61.2 Å². The maximum atomic E-state index is 12.6. The molecule has 0 aromatic rings. The monoisotopic (exact) mass is 434 g/mol. The average Bonchev–Trinajstić information content (AvgIpc) is 2.59. The Morgan fingerprint density at radius 2 is 1.21 bits per heavy atom. The third-order valence-corrected chi connectivity index (χ3v) is 2.85. The van der Waals surface area contributed by atoms with Crippen LogP contribution < -0.4 is 0 Å². The van der Waals surface area contributed by atoms with E-state index in [-0.39, 0.29) is 12.2 Å². The SMILES string of the molecule is C=C(C)C(=O)OCC(=O)OCC(C)(C)COC(=O)COC(=O)C(F)(F)C(F)(F)F. The molecule has 0 rings (SSSR count). The van der Waals surface area contributed by atoms with Gasteiger partial charge in [-0.25, -0.2) is 19.2 Å². The van der Waals surface area contributed by atoms with Crippen LogP contribution in [0.3, 0.4) is 0 Å². The molecule has 0 atom stereocenters. The van der Waals surface area contributed by atoms with Gasteiger partial charge in [-0.2, -0.15) is 22.0 Å².